The normalized spacial score (nSPS) is 10.7. The van der Waals surface area contributed by atoms with Gasteiger partial charge in [-0.05, 0) is 30.2 Å². The van der Waals surface area contributed by atoms with Crippen molar-refractivity contribution in [2.45, 2.75) is 20.0 Å². The number of guanidine groups is 1. The van der Waals surface area contributed by atoms with Crippen LogP contribution in [-0.4, -0.2) is 19.6 Å². The minimum absolute atomic E-state index is 0. The summed E-state index contributed by atoms with van der Waals surface area (Å²) in [6, 6.07) is 15.0. The molecule has 0 amide bonds. The minimum Gasteiger partial charge on any atom is -0.494 e. The fourth-order valence-corrected chi connectivity index (χ4v) is 2.10. The number of aliphatic imine (C=N–C) groups is 1. The molecule has 130 valence electrons. The number of hydrogen-bond acceptors (Lipinski definition) is 2. The Balaban J connectivity index is 0.00000288. The zero-order chi connectivity index (χ0) is 16.5. The van der Waals surface area contributed by atoms with Gasteiger partial charge >= 0.3 is 0 Å². The molecule has 4 nitrogen and oxygen atoms in total. The second-order valence-electron chi connectivity index (χ2n) is 5.00. The molecule has 0 unspecified atom stereocenters. The van der Waals surface area contributed by atoms with Gasteiger partial charge in [0.15, 0.2) is 17.5 Å². The van der Waals surface area contributed by atoms with Crippen LogP contribution in [0.2, 0.25) is 0 Å². The van der Waals surface area contributed by atoms with Gasteiger partial charge in [0.2, 0.25) is 0 Å². The van der Waals surface area contributed by atoms with Crippen molar-refractivity contribution < 1.29 is 9.13 Å². The van der Waals surface area contributed by atoms with Gasteiger partial charge in [0.1, 0.15) is 0 Å². The number of nitrogens with zero attached hydrogens (tertiary/aromatic N) is 1. The summed E-state index contributed by atoms with van der Waals surface area (Å²) in [5.74, 6) is 0.571. The summed E-state index contributed by atoms with van der Waals surface area (Å²) in [4.78, 5) is 4.48. The van der Waals surface area contributed by atoms with E-state index in [9.17, 15) is 4.39 Å². The van der Waals surface area contributed by atoms with Crippen LogP contribution in [0.1, 0.15) is 18.1 Å². The lowest BCUT2D eigenvalue weighted by molar-refractivity contribution is 0.386. The number of hydrogen-bond donors (Lipinski definition) is 2. The first-order valence-corrected chi connectivity index (χ1v) is 7.61. The second-order valence-corrected chi connectivity index (χ2v) is 5.00. The van der Waals surface area contributed by atoms with Gasteiger partial charge in [-0.2, -0.15) is 0 Å². The first-order chi connectivity index (χ1) is 11.2. The summed E-state index contributed by atoms with van der Waals surface area (Å²) in [7, 11) is 1.45. The molecule has 0 fully saturated rings. The van der Waals surface area contributed by atoms with Crippen LogP contribution in [0.5, 0.6) is 5.75 Å². The van der Waals surface area contributed by atoms with Crippen LogP contribution >= 0.6 is 24.0 Å². The molecule has 0 spiro atoms. The molecule has 0 aromatic heterocycles. The molecule has 0 aliphatic carbocycles. The van der Waals surface area contributed by atoms with Crippen molar-refractivity contribution in [2.75, 3.05) is 13.7 Å². The van der Waals surface area contributed by atoms with Crippen LogP contribution in [0, 0.1) is 5.82 Å². The third-order valence-electron chi connectivity index (χ3n) is 3.28. The molecule has 0 bridgehead atoms. The van der Waals surface area contributed by atoms with Crippen molar-refractivity contribution in [1.82, 2.24) is 10.6 Å². The molecular weight excluding hydrogens is 420 g/mol. The lowest BCUT2D eigenvalue weighted by atomic mass is 10.2. The SMILES string of the molecule is CCNC(=NCc1ccc(OC)c(F)c1)NCc1ccccc1.I. The van der Waals surface area contributed by atoms with Crippen molar-refractivity contribution in [1.29, 1.82) is 0 Å². The number of halogens is 2. The largest absolute Gasteiger partial charge is 0.494 e. The van der Waals surface area contributed by atoms with Gasteiger partial charge in [0, 0.05) is 13.1 Å². The van der Waals surface area contributed by atoms with E-state index in [-0.39, 0.29) is 35.5 Å². The number of rotatable bonds is 6. The highest BCUT2D eigenvalue weighted by Crippen LogP contribution is 2.18. The summed E-state index contributed by atoms with van der Waals surface area (Å²) in [6.45, 7) is 3.85. The van der Waals surface area contributed by atoms with Gasteiger partial charge < -0.3 is 15.4 Å². The number of ether oxygens (including phenoxy) is 1. The van der Waals surface area contributed by atoms with Crippen LogP contribution in [0.25, 0.3) is 0 Å². The molecule has 2 rings (SSSR count). The van der Waals surface area contributed by atoms with Gasteiger partial charge in [0.05, 0.1) is 13.7 Å². The minimum atomic E-state index is -0.373. The van der Waals surface area contributed by atoms with Gasteiger partial charge in [-0.15, -0.1) is 24.0 Å². The molecule has 0 saturated carbocycles. The van der Waals surface area contributed by atoms with E-state index in [1.165, 1.54) is 18.7 Å². The molecule has 6 heteroatoms. The van der Waals surface area contributed by atoms with E-state index in [0.717, 1.165) is 12.1 Å². The molecule has 0 radical (unpaired) electrons. The predicted octanol–water partition coefficient (Wildman–Crippen LogP) is 3.71. The molecule has 2 aromatic carbocycles. The fraction of sp³-hybridized carbons (Fsp3) is 0.278. The zero-order valence-electron chi connectivity index (χ0n) is 13.9. The number of nitrogens with one attached hydrogen (secondary N) is 2. The standard InChI is InChI=1S/C18H22FN3O.HI/c1-3-20-18(21-12-14-7-5-4-6-8-14)22-13-15-9-10-17(23-2)16(19)11-15;/h4-11H,3,12-13H2,1-2H3,(H2,20,21,22);1H. The number of benzene rings is 2. The molecule has 0 aliphatic rings. The monoisotopic (exact) mass is 443 g/mol. The third-order valence-corrected chi connectivity index (χ3v) is 3.28. The maximum Gasteiger partial charge on any atom is 0.191 e. The summed E-state index contributed by atoms with van der Waals surface area (Å²) < 4.78 is 18.6. The van der Waals surface area contributed by atoms with E-state index < -0.39 is 0 Å². The van der Waals surface area contributed by atoms with E-state index in [1.807, 2.05) is 31.2 Å². The highest BCUT2D eigenvalue weighted by atomic mass is 127. The Labute approximate surface area is 159 Å². The Morgan fingerprint density at radius 3 is 2.46 bits per heavy atom. The Morgan fingerprint density at radius 1 is 1.08 bits per heavy atom. The van der Waals surface area contributed by atoms with E-state index in [0.29, 0.717) is 19.0 Å². The van der Waals surface area contributed by atoms with Crippen molar-refractivity contribution in [3.63, 3.8) is 0 Å². The van der Waals surface area contributed by atoms with Gasteiger partial charge in [0.25, 0.3) is 0 Å². The molecule has 24 heavy (non-hydrogen) atoms. The zero-order valence-corrected chi connectivity index (χ0v) is 16.2. The van der Waals surface area contributed by atoms with Crippen LogP contribution in [0.15, 0.2) is 53.5 Å². The molecule has 0 heterocycles. The summed E-state index contributed by atoms with van der Waals surface area (Å²) in [6.07, 6.45) is 0. The number of methoxy groups -OCH3 is 1. The average molecular weight is 443 g/mol. The van der Waals surface area contributed by atoms with Crippen molar-refractivity contribution in [2.24, 2.45) is 4.99 Å². The lowest BCUT2D eigenvalue weighted by Gasteiger charge is -2.11. The van der Waals surface area contributed by atoms with Crippen molar-refractivity contribution >= 4 is 29.9 Å². The van der Waals surface area contributed by atoms with Crippen LogP contribution in [-0.2, 0) is 13.1 Å². The first kappa shape index (κ1) is 20.2. The maximum absolute atomic E-state index is 13.7. The molecule has 0 saturated heterocycles. The molecule has 0 aliphatic heterocycles. The van der Waals surface area contributed by atoms with Crippen molar-refractivity contribution in [3.8, 4) is 5.75 Å². The molecule has 2 N–H and O–H groups in total. The third kappa shape index (κ3) is 6.35. The van der Waals surface area contributed by atoms with Crippen molar-refractivity contribution in [3.05, 3.63) is 65.5 Å². The topological polar surface area (TPSA) is 45.7 Å². The lowest BCUT2D eigenvalue weighted by Crippen LogP contribution is -2.36. The predicted molar refractivity (Wildman–Crippen MR) is 106 cm³/mol. The van der Waals surface area contributed by atoms with Gasteiger partial charge in [-0.25, -0.2) is 9.38 Å². The second kappa shape index (κ2) is 10.9. The van der Waals surface area contributed by atoms with Crippen LogP contribution in [0.4, 0.5) is 4.39 Å². The fourth-order valence-electron chi connectivity index (χ4n) is 2.10. The van der Waals surface area contributed by atoms with Gasteiger partial charge in [-0.3, -0.25) is 0 Å². The summed E-state index contributed by atoms with van der Waals surface area (Å²) >= 11 is 0. The highest BCUT2D eigenvalue weighted by molar-refractivity contribution is 14.0. The molecule has 2 aromatic rings. The molecular formula is C18H23FIN3O. The summed E-state index contributed by atoms with van der Waals surface area (Å²) in [5.41, 5.74) is 1.97. The Bertz CT molecular complexity index is 650. The Kier molecular flexibility index (Phi) is 9.14. The van der Waals surface area contributed by atoms with Gasteiger partial charge in [-0.1, -0.05) is 36.4 Å². The quantitative estimate of drug-likeness (QED) is 0.407. The summed E-state index contributed by atoms with van der Waals surface area (Å²) in [5, 5.41) is 6.45. The van der Waals surface area contributed by atoms with E-state index in [2.05, 4.69) is 27.8 Å². The van der Waals surface area contributed by atoms with E-state index in [1.54, 1.807) is 6.07 Å². The van der Waals surface area contributed by atoms with Crippen LogP contribution in [0.3, 0.4) is 0 Å². The van der Waals surface area contributed by atoms with Crippen LogP contribution < -0.4 is 15.4 Å². The van der Waals surface area contributed by atoms with E-state index >= 15 is 0 Å². The maximum atomic E-state index is 13.7. The Hall–Kier alpha value is -1.83. The van der Waals surface area contributed by atoms with E-state index in [4.69, 9.17) is 4.74 Å². The Morgan fingerprint density at radius 2 is 1.83 bits per heavy atom. The highest BCUT2D eigenvalue weighted by Gasteiger charge is 2.04. The average Bonchev–Trinajstić information content (AvgIpc) is 2.58. The molecule has 0 atom stereocenters. The smallest absolute Gasteiger partial charge is 0.191 e. The first-order valence-electron chi connectivity index (χ1n) is 7.61.